The molecular weight excluding hydrogens is 176 g/mol. The summed E-state index contributed by atoms with van der Waals surface area (Å²) in [4.78, 5) is 11.6. The second-order valence-electron chi connectivity index (χ2n) is 4.43. The molecule has 14 heavy (non-hydrogen) atoms. The van der Waals surface area contributed by atoms with E-state index in [1.54, 1.807) is 18.2 Å². The van der Waals surface area contributed by atoms with Gasteiger partial charge in [0.15, 0.2) is 5.78 Å². The quantitative estimate of drug-likeness (QED) is 0.678. The van der Waals surface area contributed by atoms with Crippen molar-refractivity contribution in [2.45, 2.75) is 31.1 Å². The van der Waals surface area contributed by atoms with E-state index >= 15 is 0 Å². The van der Waals surface area contributed by atoms with Crippen molar-refractivity contribution in [2.75, 3.05) is 0 Å². The van der Waals surface area contributed by atoms with Gasteiger partial charge in [-0.2, -0.15) is 0 Å². The molecule has 0 amide bonds. The fraction of sp³-hybridized carbons (Fsp3) is 0.417. The fourth-order valence-electron chi connectivity index (χ4n) is 2.51. The first-order valence-electron chi connectivity index (χ1n) is 5.08. The number of phenolic OH excluding ortho intramolecular Hbond substituents is 1. The van der Waals surface area contributed by atoms with Crippen LogP contribution < -0.4 is 0 Å². The van der Waals surface area contributed by atoms with E-state index in [0.717, 1.165) is 17.5 Å². The molecule has 1 fully saturated rings. The zero-order chi connectivity index (χ0) is 9.76. The summed E-state index contributed by atoms with van der Waals surface area (Å²) in [6.07, 6.45) is 4.01. The third-order valence-corrected chi connectivity index (χ3v) is 3.56. The van der Waals surface area contributed by atoms with E-state index < -0.39 is 0 Å². The van der Waals surface area contributed by atoms with Gasteiger partial charge in [-0.25, -0.2) is 0 Å². The molecular formula is C12H12O2. The number of Topliss-reactive ketones (excluding diaryl/α,β-unsaturated/α-hetero) is 1. The van der Waals surface area contributed by atoms with E-state index in [2.05, 4.69) is 0 Å². The number of fused-ring (bicyclic) bond motifs is 2. The SMILES string of the molecule is O=C1CCC2(CC2)c2cc(O)ccc21. The molecule has 2 aliphatic rings. The van der Waals surface area contributed by atoms with E-state index in [1.807, 2.05) is 0 Å². The zero-order valence-corrected chi connectivity index (χ0v) is 7.92. The molecule has 1 spiro atoms. The summed E-state index contributed by atoms with van der Waals surface area (Å²) in [5, 5.41) is 9.42. The molecule has 0 heterocycles. The summed E-state index contributed by atoms with van der Waals surface area (Å²) in [7, 11) is 0. The number of rotatable bonds is 0. The summed E-state index contributed by atoms with van der Waals surface area (Å²) in [5.41, 5.74) is 2.18. The largest absolute Gasteiger partial charge is 0.508 e. The van der Waals surface area contributed by atoms with E-state index in [4.69, 9.17) is 0 Å². The van der Waals surface area contributed by atoms with Gasteiger partial charge in [0.2, 0.25) is 0 Å². The standard InChI is InChI=1S/C12H12O2/c13-8-1-2-9-10(7-8)12(5-6-12)4-3-11(9)14/h1-2,7,13H,3-6H2. The summed E-state index contributed by atoms with van der Waals surface area (Å²) in [5.74, 6) is 0.516. The third kappa shape index (κ3) is 0.939. The zero-order valence-electron chi connectivity index (χ0n) is 7.92. The number of ketones is 1. The minimum atomic E-state index is 0.234. The maximum atomic E-state index is 11.6. The van der Waals surface area contributed by atoms with Crippen molar-refractivity contribution in [3.05, 3.63) is 29.3 Å². The van der Waals surface area contributed by atoms with Crippen LogP contribution in [-0.4, -0.2) is 10.9 Å². The van der Waals surface area contributed by atoms with Crippen molar-refractivity contribution < 1.29 is 9.90 Å². The maximum Gasteiger partial charge on any atom is 0.163 e. The minimum absolute atomic E-state index is 0.234. The van der Waals surface area contributed by atoms with Crippen LogP contribution in [0.3, 0.4) is 0 Å². The van der Waals surface area contributed by atoms with Crippen LogP contribution in [0.5, 0.6) is 5.75 Å². The lowest BCUT2D eigenvalue weighted by Gasteiger charge is -2.24. The summed E-state index contributed by atoms with van der Waals surface area (Å²) < 4.78 is 0. The van der Waals surface area contributed by atoms with Crippen LogP contribution in [0.15, 0.2) is 18.2 Å². The predicted octanol–water partition coefficient (Wildman–Crippen LogP) is 2.40. The molecule has 0 atom stereocenters. The lowest BCUT2D eigenvalue weighted by molar-refractivity contribution is 0.0964. The highest BCUT2D eigenvalue weighted by atomic mass is 16.3. The van der Waals surface area contributed by atoms with E-state index in [9.17, 15) is 9.90 Å². The Kier molecular flexibility index (Phi) is 1.37. The van der Waals surface area contributed by atoms with Crippen molar-refractivity contribution in [1.29, 1.82) is 0 Å². The van der Waals surface area contributed by atoms with Crippen LogP contribution in [0.25, 0.3) is 0 Å². The van der Waals surface area contributed by atoms with Crippen LogP contribution in [0.1, 0.15) is 41.6 Å². The van der Waals surface area contributed by atoms with Crippen LogP contribution in [0.4, 0.5) is 0 Å². The van der Waals surface area contributed by atoms with Crippen molar-refractivity contribution in [3.8, 4) is 5.75 Å². The number of hydrogen-bond acceptors (Lipinski definition) is 2. The van der Waals surface area contributed by atoms with Crippen molar-refractivity contribution in [1.82, 2.24) is 0 Å². The monoisotopic (exact) mass is 188 g/mol. The third-order valence-electron chi connectivity index (χ3n) is 3.56. The molecule has 1 aromatic carbocycles. The number of phenols is 1. The van der Waals surface area contributed by atoms with Gasteiger partial charge in [-0.05, 0) is 48.4 Å². The lowest BCUT2D eigenvalue weighted by atomic mass is 9.79. The summed E-state index contributed by atoms with van der Waals surface area (Å²) >= 11 is 0. The highest BCUT2D eigenvalue weighted by Gasteiger charge is 2.48. The van der Waals surface area contributed by atoms with Crippen molar-refractivity contribution >= 4 is 5.78 Å². The number of carbonyl (C=O) groups is 1. The van der Waals surface area contributed by atoms with Crippen LogP contribution in [-0.2, 0) is 5.41 Å². The maximum absolute atomic E-state index is 11.6. The van der Waals surface area contributed by atoms with Gasteiger partial charge in [0, 0.05) is 12.0 Å². The van der Waals surface area contributed by atoms with Gasteiger partial charge in [-0.3, -0.25) is 4.79 Å². The first kappa shape index (κ1) is 8.04. The number of aromatic hydroxyl groups is 1. The van der Waals surface area contributed by atoms with Gasteiger partial charge >= 0.3 is 0 Å². The van der Waals surface area contributed by atoms with Crippen LogP contribution in [0.2, 0.25) is 0 Å². The topological polar surface area (TPSA) is 37.3 Å². The van der Waals surface area contributed by atoms with Gasteiger partial charge in [0.1, 0.15) is 5.75 Å². The molecule has 0 aliphatic heterocycles. The first-order valence-corrected chi connectivity index (χ1v) is 5.08. The Morgan fingerprint density at radius 2 is 2.00 bits per heavy atom. The van der Waals surface area contributed by atoms with Crippen LogP contribution >= 0.6 is 0 Å². The van der Waals surface area contributed by atoms with Gasteiger partial charge < -0.3 is 5.11 Å². The summed E-state index contributed by atoms with van der Waals surface area (Å²) in [6.45, 7) is 0. The van der Waals surface area contributed by atoms with Gasteiger partial charge in [-0.15, -0.1) is 0 Å². The molecule has 0 aromatic heterocycles. The Morgan fingerprint density at radius 3 is 2.71 bits per heavy atom. The molecule has 2 nitrogen and oxygen atoms in total. The molecule has 72 valence electrons. The van der Waals surface area contributed by atoms with Gasteiger partial charge in [0.05, 0.1) is 0 Å². The molecule has 0 unspecified atom stereocenters. The average Bonchev–Trinajstić information content (AvgIpc) is 2.93. The molecule has 0 radical (unpaired) electrons. The summed E-state index contributed by atoms with van der Waals surface area (Å²) in [6, 6.07) is 5.16. The molecule has 0 saturated heterocycles. The number of benzene rings is 1. The smallest absolute Gasteiger partial charge is 0.163 e. The Hall–Kier alpha value is -1.31. The second-order valence-corrected chi connectivity index (χ2v) is 4.43. The average molecular weight is 188 g/mol. The molecule has 2 aliphatic carbocycles. The molecule has 1 N–H and O–H groups in total. The Labute approximate surface area is 82.6 Å². The molecule has 1 aromatic rings. The fourth-order valence-corrected chi connectivity index (χ4v) is 2.51. The Bertz CT molecular complexity index is 416. The number of hydrogen-bond donors (Lipinski definition) is 1. The Morgan fingerprint density at radius 1 is 1.21 bits per heavy atom. The molecule has 0 bridgehead atoms. The molecule has 1 saturated carbocycles. The van der Waals surface area contributed by atoms with Gasteiger partial charge in [0.25, 0.3) is 0 Å². The van der Waals surface area contributed by atoms with E-state index in [0.29, 0.717) is 6.42 Å². The normalized spacial score (nSPS) is 22.1. The lowest BCUT2D eigenvalue weighted by Crippen LogP contribution is -2.20. The predicted molar refractivity (Wildman–Crippen MR) is 52.6 cm³/mol. The molecule has 3 rings (SSSR count). The second kappa shape index (κ2) is 2.38. The highest BCUT2D eigenvalue weighted by Crippen LogP contribution is 2.55. The van der Waals surface area contributed by atoms with Crippen LogP contribution in [0, 0.1) is 0 Å². The highest BCUT2D eigenvalue weighted by molar-refractivity contribution is 5.99. The van der Waals surface area contributed by atoms with E-state index in [1.165, 1.54) is 12.8 Å². The van der Waals surface area contributed by atoms with Gasteiger partial charge in [-0.1, -0.05) is 0 Å². The molecule has 2 heteroatoms. The van der Waals surface area contributed by atoms with E-state index in [-0.39, 0.29) is 16.9 Å². The number of carbonyl (C=O) groups excluding carboxylic acids is 1. The van der Waals surface area contributed by atoms with Crippen molar-refractivity contribution in [3.63, 3.8) is 0 Å². The van der Waals surface area contributed by atoms with Crippen molar-refractivity contribution in [2.24, 2.45) is 0 Å². The Balaban J connectivity index is 2.22. The minimum Gasteiger partial charge on any atom is -0.508 e. The first-order chi connectivity index (χ1) is 6.71.